The second kappa shape index (κ2) is 6.49. The summed E-state index contributed by atoms with van der Waals surface area (Å²) in [5.74, 6) is 0.634. The van der Waals surface area contributed by atoms with Crippen LogP contribution in [0.3, 0.4) is 0 Å². The van der Waals surface area contributed by atoms with Gasteiger partial charge in [0, 0.05) is 19.6 Å². The Morgan fingerprint density at radius 2 is 2.13 bits per heavy atom. The fourth-order valence-electron chi connectivity index (χ4n) is 1.90. The molecule has 0 radical (unpaired) electrons. The van der Waals surface area contributed by atoms with Crippen LogP contribution in [0.25, 0.3) is 0 Å². The van der Waals surface area contributed by atoms with Crippen molar-refractivity contribution in [3.63, 3.8) is 0 Å². The largest absolute Gasteiger partial charge is 0.338 e. The third-order valence-electron chi connectivity index (χ3n) is 2.97. The highest BCUT2D eigenvalue weighted by molar-refractivity contribution is 5.74. The smallest absolute Gasteiger partial charge is 0.317 e. The topological polar surface area (TPSA) is 32.3 Å². The van der Waals surface area contributed by atoms with E-state index in [0.717, 1.165) is 32.5 Å². The Kier molecular flexibility index (Phi) is 5.22. The molecule has 0 aromatic heterocycles. The lowest BCUT2D eigenvalue weighted by molar-refractivity contribution is 0.201. The van der Waals surface area contributed by atoms with E-state index in [9.17, 15) is 4.79 Å². The molecule has 3 nitrogen and oxygen atoms in total. The van der Waals surface area contributed by atoms with Crippen LogP contribution in [-0.2, 0) is 0 Å². The first-order valence-electron chi connectivity index (χ1n) is 5.95. The zero-order valence-corrected chi connectivity index (χ0v) is 9.83. The molecule has 1 rings (SSSR count). The summed E-state index contributed by atoms with van der Waals surface area (Å²) in [4.78, 5) is 13.5. The Morgan fingerprint density at radius 3 is 2.67 bits per heavy atom. The zero-order chi connectivity index (χ0) is 11.1. The summed E-state index contributed by atoms with van der Waals surface area (Å²) in [6.45, 7) is 6.40. The lowest BCUT2D eigenvalue weighted by Crippen LogP contribution is -2.41. The van der Waals surface area contributed by atoms with Crippen LogP contribution in [0.5, 0.6) is 0 Å². The van der Waals surface area contributed by atoms with Crippen LogP contribution in [0.1, 0.15) is 33.1 Å². The third kappa shape index (κ3) is 3.94. The van der Waals surface area contributed by atoms with Gasteiger partial charge in [-0.1, -0.05) is 12.2 Å². The van der Waals surface area contributed by atoms with E-state index < -0.39 is 0 Å². The van der Waals surface area contributed by atoms with Gasteiger partial charge in [0.15, 0.2) is 0 Å². The molecule has 1 aliphatic carbocycles. The van der Waals surface area contributed by atoms with Gasteiger partial charge in [0.25, 0.3) is 0 Å². The molecular formula is C12H22N2O. The van der Waals surface area contributed by atoms with Crippen molar-refractivity contribution in [2.45, 2.75) is 33.1 Å². The van der Waals surface area contributed by atoms with Gasteiger partial charge in [-0.3, -0.25) is 0 Å². The summed E-state index contributed by atoms with van der Waals surface area (Å²) in [6.07, 6.45) is 7.92. The van der Waals surface area contributed by atoms with E-state index in [1.54, 1.807) is 0 Å². The SMILES string of the molecule is CCN(CC)C(=O)NCC1CC=CCC1. The van der Waals surface area contributed by atoms with E-state index in [2.05, 4.69) is 17.5 Å². The Hall–Kier alpha value is -0.990. The maximum absolute atomic E-state index is 11.6. The van der Waals surface area contributed by atoms with Crippen LogP contribution >= 0.6 is 0 Å². The second-order valence-electron chi connectivity index (χ2n) is 4.01. The quantitative estimate of drug-likeness (QED) is 0.710. The van der Waals surface area contributed by atoms with Gasteiger partial charge in [0.05, 0.1) is 0 Å². The van der Waals surface area contributed by atoms with E-state index in [1.165, 1.54) is 6.42 Å². The van der Waals surface area contributed by atoms with Gasteiger partial charge in [-0.2, -0.15) is 0 Å². The van der Waals surface area contributed by atoms with Crippen molar-refractivity contribution in [2.24, 2.45) is 5.92 Å². The van der Waals surface area contributed by atoms with Crippen molar-refractivity contribution < 1.29 is 4.79 Å². The van der Waals surface area contributed by atoms with Gasteiger partial charge >= 0.3 is 6.03 Å². The molecule has 0 heterocycles. The molecule has 1 N–H and O–H groups in total. The number of carbonyl (C=O) groups is 1. The van der Waals surface area contributed by atoms with Crippen LogP contribution in [0.15, 0.2) is 12.2 Å². The first-order chi connectivity index (χ1) is 7.27. The maximum Gasteiger partial charge on any atom is 0.317 e. The van der Waals surface area contributed by atoms with Crippen LogP contribution in [-0.4, -0.2) is 30.6 Å². The van der Waals surface area contributed by atoms with Crippen molar-refractivity contribution >= 4 is 6.03 Å². The molecule has 0 spiro atoms. The summed E-state index contributed by atoms with van der Waals surface area (Å²) < 4.78 is 0. The Balaban J connectivity index is 2.23. The molecule has 0 aromatic carbocycles. The van der Waals surface area contributed by atoms with Gasteiger partial charge in [0.2, 0.25) is 0 Å². The Bertz CT molecular complexity index is 222. The fourth-order valence-corrected chi connectivity index (χ4v) is 1.90. The van der Waals surface area contributed by atoms with Crippen molar-refractivity contribution in [2.75, 3.05) is 19.6 Å². The number of hydrogen-bond acceptors (Lipinski definition) is 1. The van der Waals surface area contributed by atoms with Gasteiger partial charge in [-0.25, -0.2) is 4.79 Å². The molecule has 1 aliphatic rings. The third-order valence-corrected chi connectivity index (χ3v) is 2.97. The Labute approximate surface area is 92.5 Å². The number of nitrogens with one attached hydrogen (secondary N) is 1. The predicted molar refractivity (Wildman–Crippen MR) is 62.8 cm³/mol. The van der Waals surface area contributed by atoms with Gasteiger partial charge < -0.3 is 10.2 Å². The molecule has 0 fully saturated rings. The van der Waals surface area contributed by atoms with Crippen LogP contribution in [0.2, 0.25) is 0 Å². The minimum Gasteiger partial charge on any atom is -0.338 e. The molecule has 1 unspecified atom stereocenters. The highest BCUT2D eigenvalue weighted by Crippen LogP contribution is 2.16. The maximum atomic E-state index is 11.6. The number of nitrogens with zero attached hydrogens (tertiary/aromatic N) is 1. The molecule has 0 aromatic rings. The lowest BCUT2D eigenvalue weighted by Gasteiger charge is -2.22. The van der Waals surface area contributed by atoms with E-state index in [0.29, 0.717) is 5.92 Å². The molecule has 86 valence electrons. The molecule has 2 amide bonds. The zero-order valence-electron chi connectivity index (χ0n) is 9.83. The summed E-state index contributed by atoms with van der Waals surface area (Å²) in [6, 6.07) is 0.0783. The highest BCUT2D eigenvalue weighted by atomic mass is 16.2. The Morgan fingerprint density at radius 1 is 1.40 bits per heavy atom. The van der Waals surface area contributed by atoms with E-state index in [1.807, 2.05) is 18.7 Å². The van der Waals surface area contributed by atoms with Gasteiger partial charge in [-0.05, 0) is 39.0 Å². The lowest BCUT2D eigenvalue weighted by atomic mass is 9.94. The number of urea groups is 1. The molecule has 0 bridgehead atoms. The molecule has 3 heteroatoms. The molecule has 0 aliphatic heterocycles. The number of rotatable bonds is 4. The first kappa shape index (κ1) is 12.1. The van der Waals surface area contributed by atoms with Crippen molar-refractivity contribution in [1.29, 1.82) is 0 Å². The van der Waals surface area contributed by atoms with Crippen molar-refractivity contribution in [1.82, 2.24) is 10.2 Å². The van der Waals surface area contributed by atoms with Crippen LogP contribution < -0.4 is 5.32 Å². The van der Waals surface area contributed by atoms with Gasteiger partial charge in [0.1, 0.15) is 0 Å². The predicted octanol–water partition coefficient (Wildman–Crippen LogP) is 2.39. The molecule has 15 heavy (non-hydrogen) atoms. The second-order valence-corrected chi connectivity index (χ2v) is 4.01. The average molecular weight is 210 g/mol. The van der Waals surface area contributed by atoms with Crippen LogP contribution in [0.4, 0.5) is 4.79 Å². The van der Waals surface area contributed by atoms with E-state index >= 15 is 0 Å². The van der Waals surface area contributed by atoms with Crippen LogP contribution in [0, 0.1) is 5.92 Å². The number of hydrogen-bond donors (Lipinski definition) is 1. The highest BCUT2D eigenvalue weighted by Gasteiger charge is 2.13. The fraction of sp³-hybridized carbons (Fsp3) is 0.750. The normalized spacial score (nSPS) is 20.0. The number of allylic oxidation sites excluding steroid dienone is 2. The summed E-state index contributed by atoms with van der Waals surface area (Å²) in [5.41, 5.74) is 0. The molecule has 0 saturated carbocycles. The monoisotopic (exact) mass is 210 g/mol. The number of amides is 2. The summed E-state index contributed by atoms with van der Waals surface area (Å²) >= 11 is 0. The molecule has 0 saturated heterocycles. The van der Waals surface area contributed by atoms with E-state index in [-0.39, 0.29) is 6.03 Å². The van der Waals surface area contributed by atoms with E-state index in [4.69, 9.17) is 0 Å². The summed E-state index contributed by atoms with van der Waals surface area (Å²) in [7, 11) is 0. The van der Waals surface area contributed by atoms with Crippen molar-refractivity contribution in [3.05, 3.63) is 12.2 Å². The molecular weight excluding hydrogens is 188 g/mol. The first-order valence-corrected chi connectivity index (χ1v) is 5.95. The van der Waals surface area contributed by atoms with Gasteiger partial charge in [-0.15, -0.1) is 0 Å². The summed E-state index contributed by atoms with van der Waals surface area (Å²) in [5, 5.41) is 3.01. The average Bonchev–Trinajstić information content (AvgIpc) is 2.29. The molecule has 1 atom stereocenters. The number of carbonyl (C=O) groups excluding carboxylic acids is 1. The van der Waals surface area contributed by atoms with Crippen molar-refractivity contribution in [3.8, 4) is 0 Å². The minimum absolute atomic E-state index is 0.0783. The standard InChI is InChI=1S/C12H22N2O/c1-3-14(4-2)12(15)13-10-11-8-6-5-7-9-11/h5-6,11H,3-4,7-10H2,1-2H3,(H,13,15). The minimum atomic E-state index is 0.0783.